The molecule has 0 aromatic carbocycles. The lowest BCUT2D eigenvalue weighted by molar-refractivity contribution is -0.161. The maximum Gasteiger partial charge on any atom is 0.472 e. The predicted octanol–water partition coefficient (Wildman–Crippen LogP) is 25.6. The van der Waals surface area contributed by atoms with Gasteiger partial charge in [-0.2, -0.15) is 0 Å². The van der Waals surface area contributed by atoms with Crippen molar-refractivity contribution in [3.8, 4) is 0 Å². The third-order valence-corrected chi connectivity index (χ3v) is 22.1. The number of esters is 4. The van der Waals surface area contributed by atoms with Crippen LogP contribution in [0.3, 0.4) is 0 Å². The lowest BCUT2D eigenvalue weighted by atomic mass is 9.99. The van der Waals surface area contributed by atoms with E-state index in [-0.39, 0.29) is 25.7 Å². The molecule has 618 valence electrons. The summed E-state index contributed by atoms with van der Waals surface area (Å²) >= 11 is 0. The molecule has 17 nitrogen and oxygen atoms in total. The van der Waals surface area contributed by atoms with Gasteiger partial charge in [0.25, 0.3) is 0 Å². The van der Waals surface area contributed by atoms with Crippen molar-refractivity contribution in [2.45, 2.75) is 459 Å². The van der Waals surface area contributed by atoms with Gasteiger partial charge in [-0.15, -0.1) is 0 Å². The van der Waals surface area contributed by atoms with Crippen LogP contribution in [0.5, 0.6) is 0 Å². The number of aliphatic hydroxyl groups excluding tert-OH is 1. The lowest BCUT2D eigenvalue weighted by Crippen LogP contribution is -2.30. The normalized spacial score (nSPS) is 14.2. The molecule has 0 spiro atoms. The molecular weight excluding hydrogens is 1350 g/mol. The van der Waals surface area contributed by atoms with Gasteiger partial charge in [-0.3, -0.25) is 37.3 Å². The monoisotopic (exact) mass is 1520 g/mol. The molecule has 3 N–H and O–H groups in total. The van der Waals surface area contributed by atoms with Gasteiger partial charge in [0.2, 0.25) is 0 Å². The van der Waals surface area contributed by atoms with Crippen LogP contribution in [0.4, 0.5) is 0 Å². The highest BCUT2D eigenvalue weighted by molar-refractivity contribution is 7.47. The van der Waals surface area contributed by atoms with E-state index in [1.165, 1.54) is 238 Å². The van der Waals surface area contributed by atoms with Crippen molar-refractivity contribution in [3.63, 3.8) is 0 Å². The zero-order valence-electron chi connectivity index (χ0n) is 68.7. The van der Waals surface area contributed by atoms with Gasteiger partial charge in [0, 0.05) is 25.7 Å². The number of ether oxygens (including phenoxy) is 4. The minimum absolute atomic E-state index is 0.106. The summed E-state index contributed by atoms with van der Waals surface area (Å²) in [4.78, 5) is 73.1. The summed E-state index contributed by atoms with van der Waals surface area (Å²) in [5.41, 5.74) is 0. The Hall–Kier alpha value is -1.94. The Bertz CT molecular complexity index is 2030. The van der Waals surface area contributed by atoms with Gasteiger partial charge in [0.15, 0.2) is 12.2 Å². The van der Waals surface area contributed by atoms with Crippen molar-refractivity contribution in [2.75, 3.05) is 39.6 Å². The van der Waals surface area contributed by atoms with Crippen LogP contribution in [0.1, 0.15) is 441 Å². The molecule has 0 amide bonds. The number of unbranched alkanes of at least 4 members (excludes halogenated alkanes) is 47. The topological polar surface area (TPSA) is 237 Å². The number of hydrogen-bond acceptors (Lipinski definition) is 15. The maximum absolute atomic E-state index is 13.1. The molecular formula is C85H166O17P2. The van der Waals surface area contributed by atoms with Crippen LogP contribution in [-0.4, -0.2) is 96.7 Å². The smallest absolute Gasteiger partial charge is 0.462 e. The maximum atomic E-state index is 13.1. The van der Waals surface area contributed by atoms with Gasteiger partial charge < -0.3 is 33.8 Å². The second-order valence-corrected chi connectivity index (χ2v) is 35.2. The zero-order valence-corrected chi connectivity index (χ0v) is 70.5. The van der Waals surface area contributed by atoms with Crippen LogP contribution in [0, 0.1) is 23.7 Å². The molecule has 0 radical (unpaired) electrons. The first kappa shape index (κ1) is 102. The molecule has 0 bridgehead atoms. The number of carbonyl (C=O) groups excluding carboxylic acids is 4. The summed E-state index contributed by atoms with van der Waals surface area (Å²) in [6.07, 6.45) is 62.6. The molecule has 4 unspecified atom stereocenters. The predicted molar refractivity (Wildman–Crippen MR) is 428 cm³/mol. The fourth-order valence-electron chi connectivity index (χ4n) is 13.1. The Morgan fingerprint density at radius 1 is 0.269 bits per heavy atom. The van der Waals surface area contributed by atoms with Crippen LogP contribution >= 0.6 is 15.6 Å². The van der Waals surface area contributed by atoms with E-state index >= 15 is 0 Å². The highest BCUT2D eigenvalue weighted by Crippen LogP contribution is 2.45. The molecule has 0 aromatic heterocycles. The summed E-state index contributed by atoms with van der Waals surface area (Å²) in [5, 5.41) is 10.7. The zero-order chi connectivity index (χ0) is 76.7. The average Bonchev–Trinajstić information content (AvgIpc) is 0.905. The molecule has 0 saturated heterocycles. The largest absolute Gasteiger partial charge is 0.472 e. The Kier molecular flexibility index (Phi) is 72.5. The van der Waals surface area contributed by atoms with E-state index in [4.69, 9.17) is 37.0 Å². The summed E-state index contributed by atoms with van der Waals surface area (Å²) in [6.45, 7) is 14.3. The fraction of sp³-hybridized carbons (Fsp3) is 0.953. The summed E-state index contributed by atoms with van der Waals surface area (Å²) in [6, 6.07) is 0. The van der Waals surface area contributed by atoms with E-state index in [2.05, 4.69) is 55.4 Å². The minimum atomic E-state index is -4.96. The van der Waals surface area contributed by atoms with E-state index in [0.29, 0.717) is 31.6 Å². The highest BCUT2D eigenvalue weighted by atomic mass is 31.2. The highest BCUT2D eigenvalue weighted by Gasteiger charge is 2.30. The van der Waals surface area contributed by atoms with Crippen molar-refractivity contribution in [1.82, 2.24) is 0 Å². The number of aliphatic hydroxyl groups is 1. The van der Waals surface area contributed by atoms with Crippen LogP contribution in [0.2, 0.25) is 0 Å². The molecule has 0 aliphatic heterocycles. The van der Waals surface area contributed by atoms with Gasteiger partial charge in [0.1, 0.15) is 19.3 Å². The van der Waals surface area contributed by atoms with Crippen molar-refractivity contribution >= 4 is 39.5 Å². The Morgan fingerprint density at radius 3 is 0.683 bits per heavy atom. The second kappa shape index (κ2) is 73.8. The minimum Gasteiger partial charge on any atom is -0.462 e. The first-order valence-electron chi connectivity index (χ1n) is 43.7. The summed E-state index contributed by atoms with van der Waals surface area (Å²) in [5.74, 6) is 1.03. The van der Waals surface area contributed by atoms with Crippen molar-refractivity contribution in [2.24, 2.45) is 23.7 Å². The van der Waals surface area contributed by atoms with E-state index in [1.807, 2.05) is 0 Å². The summed E-state index contributed by atoms with van der Waals surface area (Å²) < 4.78 is 68.8. The van der Waals surface area contributed by atoms with E-state index in [0.717, 1.165) is 114 Å². The number of hydrogen-bond donors (Lipinski definition) is 3. The number of phosphoric acid groups is 2. The Balaban J connectivity index is 5.20. The molecule has 19 heteroatoms. The van der Waals surface area contributed by atoms with Gasteiger partial charge in [-0.25, -0.2) is 9.13 Å². The lowest BCUT2D eigenvalue weighted by Gasteiger charge is -2.21. The third-order valence-electron chi connectivity index (χ3n) is 20.2. The Morgan fingerprint density at radius 2 is 0.462 bits per heavy atom. The van der Waals surface area contributed by atoms with E-state index in [9.17, 15) is 43.2 Å². The molecule has 0 aliphatic carbocycles. The number of rotatable bonds is 82. The molecule has 0 fully saturated rings. The van der Waals surface area contributed by atoms with Gasteiger partial charge >= 0.3 is 39.5 Å². The van der Waals surface area contributed by atoms with Crippen molar-refractivity contribution in [3.05, 3.63) is 0 Å². The van der Waals surface area contributed by atoms with Crippen molar-refractivity contribution in [1.29, 1.82) is 0 Å². The standard InChI is InChI=1S/C85H166O17P2/c1-9-78(8)64-56-48-40-32-28-29-35-43-52-60-68-85(90)101-80(71-95-82(87)65-57-49-41-33-26-22-18-15-14-17-21-25-31-38-46-54-62-76(4)5)73-99-103(91,92)97-69-79(86)70-98-104(93,94)100-74-81(72-96-83(88)66-58-50-44-36-39-47-55-63-77(6)7)102-84(89)67-59-51-42-34-27-23-19-13-11-10-12-16-20-24-30-37-45-53-61-75(2)3/h75-81,86H,9-74H2,1-8H3,(H,91,92)(H,93,94)/t78?,79?,80-,81-/m1/s1. The SMILES string of the molecule is CCC(C)CCCCCCCCCCCCC(=O)O[C@H](COC(=O)CCCCCCCCCCCCCCCCCCC(C)C)COP(=O)(O)OCC(O)COP(=O)(O)OC[C@@H](COC(=O)CCCCCCCCCC(C)C)OC(=O)CCCCCCCCCCCCCCCCCCCCC(C)C. The molecule has 0 aromatic rings. The van der Waals surface area contributed by atoms with Gasteiger partial charge in [-0.1, -0.05) is 389 Å². The first-order valence-corrected chi connectivity index (χ1v) is 46.7. The molecule has 0 heterocycles. The van der Waals surface area contributed by atoms with E-state index < -0.39 is 97.5 Å². The average molecular weight is 1520 g/mol. The number of carbonyl (C=O) groups is 4. The third kappa shape index (κ3) is 76.8. The van der Waals surface area contributed by atoms with Gasteiger partial charge in [0.05, 0.1) is 26.4 Å². The van der Waals surface area contributed by atoms with Crippen LogP contribution in [0.25, 0.3) is 0 Å². The molecule has 0 aliphatic rings. The quantitative estimate of drug-likeness (QED) is 0.0222. The van der Waals surface area contributed by atoms with E-state index in [1.54, 1.807) is 0 Å². The fourth-order valence-corrected chi connectivity index (χ4v) is 14.7. The second-order valence-electron chi connectivity index (χ2n) is 32.2. The van der Waals surface area contributed by atoms with Gasteiger partial charge in [-0.05, 0) is 49.4 Å². The summed E-state index contributed by atoms with van der Waals surface area (Å²) in [7, 11) is -9.93. The Labute approximate surface area is 638 Å². The van der Waals surface area contributed by atoms with Crippen LogP contribution in [0.15, 0.2) is 0 Å². The first-order chi connectivity index (χ1) is 50.1. The van der Waals surface area contributed by atoms with Crippen LogP contribution < -0.4 is 0 Å². The molecule has 0 saturated carbocycles. The van der Waals surface area contributed by atoms with Crippen molar-refractivity contribution < 1.29 is 80.2 Å². The molecule has 104 heavy (non-hydrogen) atoms. The number of phosphoric ester groups is 2. The molecule has 6 atom stereocenters. The van der Waals surface area contributed by atoms with Crippen LogP contribution in [-0.2, 0) is 65.4 Å². The molecule has 0 rings (SSSR count).